The van der Waals surface area contributed by atoms with E-state index < -0.39 is 0 Å². The van der Waals surface area contributed by atoms with Crippen molar-refractivity contribution in [2.24, 2.45) is 0 Å². The highest BCUT2D eigenvalue weighted by atomic mass is 79.9. The largest absolute Gasteiger partial charge is 0.397 e. The molecule has 0 atom stereocenters. The van der Waals surface area contributed by atoms with Gasteiger partial charge >= 0.3 is 0 Å². The van der Waals surface area contributed by atoms with Gasteiger partial charge in [0, 0.05) is 17.1 Å². The quantitative estimate of drug-likeness (QED) is 0.849. The average Bonchev–Trinajstić information content (AvgIpc) is 3.02. The average molecular weight is 269 g/mol. The zero-order valence-electron chi connectivity index (χ0n) is 9.04. The van der Waals surface area contributed by atoms with E-state index in [1.807, 2.05) is 12.1 Å². The summed E-state index contributed by atoms with van der Waals surface area (Å²) < 4.78 is 1.11. The Morgan fingerprint density at radius 1 is 1.47 bits per heavy atom. The molecule has 2 nitrogen and oxygen atoms in total. The van der Waals surface area contributed by atoms with Crippen LogP contribution >= 0.6 is 15.9 Å². The molecule has 0 spiro atoms. The van der Waals surface area contributed by atoms with Gasteiger partial charge in [-0.25, -0.2) is 0 Å². The van der Waals surface area contributed by atoms with Gasteiger partial charge in [0.05, 0.1) is 11.4 Å². The first kappa shape index (κ1) is 10.8. The number of halogens is 1. The summed E-state index contributed by atoms with van der Waals surface area (Å²) in [6.45, 7) is 3.31. The monoisotopic (exact) mass is 268 g/mol. The van der Waals surface area contributed by atoms with E-state index in [9.17, 15) is 0 Å². The minimum atomic E-state index is 0.724. The highest BCUT2D eigenvalue weighted by Gasteiger charge is 2.29. The van der Waals surface area contributed by atoms with Crippen molar-refractivity contribution in [1.29, 1.82) is 0 Å². The molecule has 0 radical (unpaired) electrons. The third-order valence-electron chi connectivity index (χ3n) is 2.75. The third-order valence-corrected chi connectivity index (χ3v) is 3.25. The molecule has 0 heterocycles. The minimum absolute atomic E-state index is 0.724. The Bertz CT molecular complexity index is 347. The first-order valence-electron chi connectivity index (χ1n) is 5.54. The fraction of sp³-hybridized carbons (Fsp3) is 0.500. The van der Waals surface area contributed by atoms with Crippen LogP contribution in [0.5, 0.6) is 0 Å². The Kier molecular flexibility index (Phi) is 3.19. The number of hydrogen-bond donors (Lipinski definition) is 1. The molecule has 0 aromatic heterocycles. The molecule has 1 saturated carbocycles. The van der Waals surface area contributed by atoms with Gasteiger partial charge < -0.3 is 10.6 Å². The van der Waals surface area contributed by atoms with Crippen molar-refractivity contribution in [2.45, 2.75) is 32.2 Å². The molecule has 3 heteroatoms. The highest BCUT2D eigenvalue weighted by molar-refractivity contribution is 9.10. The number of anilines is 2. The maximum atomic E-state index is 6.02. The second-order valence-corrected chi connectivity index (χ2v) is 5.04. The Morgan fingerprint density at radius 3 is 2.80 bits per heavy atom. The summed E-state index contributed by atoms with van der Waals surface area (Å²) in [7, 11) is 0. The van der Waals surface area contributed by atoms with Crippen molar-refractivity contribution in [3.8, 4) is 0 Å². The molecule has 1 fully saturated rings. The van der Waals surface area contributed by atoms with Crippen molar-refractivity contribution in [3.05, 3.63) is 22.7 Å². The van der Waals surface area contributed by atoms with E-state index in [2.05, 4.69) is 33.8 Å². The standard InChI is InChI=1S/C12H17BrN2/c1-2-7-15(10-4-5-10)12-8-9(13)3-6-11(12)14/h3,6,8,10H,2,4-5,7,14H2,1H3. The van der Waals surface area contributed by atoms with E-state index in [0.717, 1.165) is 22.7 Å². The third kappa shape index (κ3) is 2.46. The summed E-state index contributed by atoms with van der Waals surface area (Å²) in [4.78, 5) is 2.44. The van der Waals surface area contributed by atoms with Gasteiger partial charge in [-0.2, -0.15) is 0 Å². The van der Waals surface area contributed by atoms with E-state index in [1.165, 1.54) is 24.9 Å². The molecule has 1 aliphatic carbocycles. The number of nitrogen functional groups attached to an aromatic ring is 1. The lowest BCUT2D eigenvalue weighted by Crippen LogP contribution is -2.27. The van der Waals surface area contributed by atoms with Crippen molar-refractivity contribution in [1.82, 2.24) is 0 Å². The van der Waals surface area contributed by atoms with Gasteiger partial charge in [-0.15, -0.1) is 0 Å². The van der Waals surface area contributed by atoms with Crippen molar-refractivity contribution >= 4 is 27.3 Å². The predicted molar refractivity (Wildman–Crippen MR) is 69.2 cm³/mol. The van der Waals surface area contributed by atoms with Crippen LogP contribution in [0.2, 0.25) is 0 Å². The Balaban J connectivity index is 2.27. The number of nitrogens with two attached hydrogens (primary N) is 1. The maximum absolute atomic E-state index is 6.02. The second kappa shape index (κ2) is 4.44. The molecule has 0 bridgehead atoms. The number of nitrogens with zero attached hydrogens (tertiary/aromatic N) is 1. The molecule has 1 aromatic carbocycles. The summed E-state index contributed by atoms with van der Waals surface area (Å²) >= 11 is 3.50. The van der Waals surface area contributed by atoms with Gasteiger partial charge in [0.25, 0.3) is 0 Å². The van der Waals surface area contributed by atoms with Crippen LogP contribution in [0.15, 0.2) is 22.7 Å². The SMILES string of the molecule is CCCN(c1cc(Br)ccc1N)C1CC1. The molecule has 2 N–H and O–H groups in total. The molecule has 2 rings (SSSR count). The van der Waals surface area contributed by atoms with Crippen LogP contribution in [0.3, 0.4) is 0 Å². The second-order valence-electron chi connectivity index (χ2n) is 4.13. The maximum Gasteiger partial charge on any atom is 0.0613 e. The molecule has 82 valence electrons. The lowest BCUT2D eigenvalue weighted by molar-refractivity contribution is 0.764. The number of rotatable bonds is 4. The Morgan fingerprint density at radius 2 is 2.20 bits per heavy atom. The molecule has 1 aliphatic rings. The first-order valence-corrected chi connectivity index (χ1v) is 6.33. The van der Waals surface area contributed by atoms with Crippen LogP contribution in [0.1, 0.15) is 26.2 Å². The molecule has 15 heavy (non-hydrogen) atoms. The van der Waals surface area contributed by atoms with Gasteiger partial charge in [-0.3, -0.25) is 0 Å². The van der Waals surface area contributed by atoms with E-state index >= 15 is 0 Å². The smallest absolute Gasteiger partial charge is 0.0613 e. The van der Waals surface area contributed by atoms with Crippen LogP contribution in [-0.4, -0.2) is 12.6 Å². The molecule has 0 amide bonds. The fourth-order valence-electron chi connectivity index (χ4n) is 1.89. The fourth-order valence-corrected chi connectivity index (χ4v) is 2.24. The van der Waals surface area contributed by atoms with Crippen LogP contribution in [-0.2, 0) is 0 Å². The zero-order valence-corrected chi connectivity index (χ0v) is 10.6. The lowest BCUT2D eigenvalue weighted by Gasteiger charge is -2.25. The van der Waals surface area contributed by atoms with E-state index in [4.69, 9.17) is 5.73 Å². The van der Waals surface area contributed by atoms with E-state index in [0.29, 0.717) is 0 Å². The zero-order chi connectivity index (χ0) is 10.8. The lowest BCUT2D eigenvalue weighted by atomic mass is 10.2. The first-order chi connectivity index (χ1) is 7.22. The van der Waals surface area contributed by atoms with Crippen LogP contribution in [0, 0.1) is 0 Å². The number of benzene rings is 1. The van der Waals surface area contributed by atoms with Gasteiger partial charge in [-0.1, -0.05) is 22.9 Å². The topological polar surface area (TPSA) is 29.3 Å². The molecular weight excluding hydrogens is 252 g/mol. The van der Waals surface area contributed by atoms with Crippen molar-refractivity contribution in [2.75, 3.05) is 17.2 Å². The van der Waals surface area contributed by atoms with Crippen LogP contribution in [0.4, 0.5) is 11.4 Å². The highest BCUT2D eigenvalue weighted by Crippen LogP contribution is 2.36. The van der Waals surface area contributed by atoms with Crippen LogP contribution < -0.4 is 10.6 Å². The summed E-state index contributed by atoms with van der Waals surface area (Å²) in [6, 6.07) is 6.82. The Hall–Kier alpha value is -0.700. The molecule has 0 aliphatic heterocycles. The van der Waals surface area contributed by atoms with Gasteiger partial charge in [-0.05, 0) is 37.5 Å². The minimum Gasteiger partial charge on any atom is -0.397 e. The van der Waals surface area contributed by atoms with Crippen molar-refractivity contribution < 1.29 is 0 Å². The Labute approximate surface area is 99.6 Å². The van der Waals surface area contributed by atoms with Gasteiger partial charge in [0.2, 0.25) is 0 Å². The summed E-state index contributed by atoms with van der Waals surface area (Å²) in [5.41, 5.74) is 8.10. The summed E-state index contributed by atoms with van der Waals surface area (Å²) in [5.74, 6) is 0. The van der Waals surface area contributed by atoms with Gasteiger partial charge in [0.15, 0.2) is 0 Å². The molecule has 0 unspecified atom stereocenters. The predicted octanol–water partition coefficient (Wildman–Crippen LogP) is 3.41. The summed E-state index contributed by atoms with van der Waals surface area (Å²) in [6.07, 6.45) is 3.79. The van der Waals surface area contributed by atoms with Crippen LogP contribution in [0.25, 0.3) is 0 Å². The van der Waals surface area contributed by atoms with Crippen molar-refractivity contribution in [3.63, 3.8) is 0 Å². The van der Waals surface area contributed by atoms with E-state index in [1.54, 1.807) is 0 Å². The molecule has 1 aromatic rings. The normalized spacial score (nSPS) is 15.3. The summed E-state index contributed by atoms with van der Waals surface area (Å²) in [5, 5.41) is 0. The van der Waals surface area contributed by atoms with E-state index in [-0.39, 0.29) is 0 Å². The molecule has 0 saturated heterocycles. The number of hydrogen-bond acceptors (Lipinski definition) is 2. The van der Waals surface area contributed by atoms with Gasteiger partial charge in [0.1, 0.15) is 0 Å². The molecular formula is C12H17BrN2.